The molecule has 2 N–H and O–H groups in total. The molecule has 0 unspecified atom stereocenters. The molecule has 0 spiro atoms. The molecule has 0 saturated carbocycles. The number of hydrogen-bond donors (Lipinski definition) is 2. The third kappa shape index (κ3) is 6.95. The van der Waals surface area contributed by atoms with Crippen molar-refractivity contribution >= 4 is 43.9 Å². The quantitative estimate of drug-likeness (QED) is 0.774. The van der Waals surface area contributed by atoms with E-state index in [0.29, 0.717) is 0 Å². The molecule has 0 radical (unpaired) electrons. The normalized spacial score (nSPS) is 12.6. The molecule has 1 rings (SSSR count). The lowest BCUT2D eigenvalue weighted by atomic mass is 10.1. The second-order valence-corrected chi connectivity index (χ2v) is 7.35. The van der Waals surface area contributed by atoms with Crippen LogP contribution in [0.1, 0.15) is 26.3 Å². The van der Waals surface area contributed by atoms with E-state index in [0.717, 1.165) is 14.5 Å². The Morgan fingerprint density at radius 1 is 1.24 bits per heavy atom. The van der Waals surface area contributed by atoms with Gasteiger partial charge in [-0.05, 0) is 44.5 Å². The number of amides is 1. The second kappa shape index (κ2) is 7.26. The van der Waals surface area contributed by atoms with Gasteiger partial charge in [0.15, 0.2) is 0 Å². The SMILES string of the molecule is CC(C)(C)OC(=O)N[C@@H](Cc1cc(Br)cc(Br)c1)C(=O)O. The van der Waals surface area contributed by atoms with Crippen molar-refractivity contribution in [2.75, 3.05) is 0 Å². The third-order valence-electron chi connectivity index (χ3n) is 2.35. The minimum absolute atomic E-state index is 0.159. The van der Waals surface area contributed by atoms with E-state index < -0.39 is 23.7 Å². The molecule has 0 bridgehead atoms. The van der Waals surface area contributed by atoms with Gasteiger partial charge in [0.1, 0.15) is 11.6 Å². The van der Waals surface area contributed by atoms with Crippen molar-refractivity contribution in [1.82, 2.24) is 5.32 Å². The summed E-state index contributed by atoms with van der Waals surface area (Å²) in [5, 5.41) is 11.6. The summed E-state index contributed by atoms with van der Waals surface area (Å²) >= 11 is 6.68. The van der Waals surface area contributed by atoms with Crippen LogP contribution in [-0.4, -0.2) is 28.8 Å². The van der Waals surface area contributed by atoms with Gasteiger partial charge in [-0.3, -0.25) is 0 Å². The van der Waals surface area contributed by atoms with E-state index in [-0.39, 0.29) is 6.42 Å². The van der Waals surface area contributed by atoms with E-state index in [4.69, 9.17) is 4.74 Å². The van der Waals surface area contributed by atoms with Gasteiger partial charge in [0, 0.05) is 15.4 Å². The number of carboxylic acid groups (broad SMARTS) is 1. The molecule has 0 aliphatic carbocycles. The topological polar surface area (TPSA) is 75.6 Å². The molecule has 5 nitrogen and oxygen atoms in total. The molecule has 0 fully saturated rings. The Hall–Kier alpha value is -1.08. The zero-order valence-electron chi connectivity index (χ0n) is 11.9. The summed E-state index contributed by atoms with van der Waals surface area (Å²) in [4.78, 5) is 23.0. The van der Waals surface area contributed by atoms with Crippen molar-refractivity contribution in [3.8, 4) is 0 Å². The van der Waals surface area contributed by atoms with E-state index in [1.54, 1.807) is 32.9 Å². The Morgan fingerprint density at radius 3 is 2.19 bits per heavy atom. The van der Waals surface area contributed by atoms with Crippen LogP contribution in [0.5, 0.6) is 0 Å². The minimum Gasteiger partial charge on any atom is -0.480 e. The first-order chi connectivity index (χ1) is 9.56. The van der Waals surface area contributed by atoms with Gasteiger partial charge in [-0.2, -0.15) is 0 Å². The fourth-order valence-corrected chi connectivity index (χ4v) is 3.00. The van der Waals surface area contributed by atoms with E-state index >= 15 is 0 Å². The first-order valence-corrected chi connectivity index (χ1v) is 7.83. The van der Waals surface area contributed by atoms with Crippen molar-refractivity contribution in [3.05, 3.63) is 32.7 Å². The molecule has 0 aromatic heterocycles. The minimum atomic E-state index is -1.11. The average molecular weight is 423 g/mol. The van der Waals surface area contributed by atoms with Crippen molar-refractivity contribution in [2.24, 2.45) is 0 Å². The maximum absolute atomic E-state index is 11.7. The summed E-state index contributed by atoms with van der Waals surface area (Å²) in [5.41, 5.74) is 0.103. The number of carboxylic acids is 1. The van der Waals surface area contributed by atoms with Gasteiger partial charge in [-0.15, -0.1) is 0 Å². The summed E-state index contributed by atoms with van der Waals surface area (Å²) in [7, 11) is 0. The Labute approximate surface area is 140 Å². The predicted molar refractivity (Wildman–Crippen MR) is 86.3 cm³/mol. The van der Waals surface area contributed by atoms with E-state index in [1.807, 2.05) is 6.07 Å². The molecule has 116 valence electrons. The summed E-state index contributed by atoms with van der Waals surface area (Å²) in [6.07, 6.45) is -0.587. The van der Waals surface area contributed by atoms with Gasteiger partial charge in [-0.1, -0.05) is 31.9 Å². The highest BCUT2D eigenvalue weighted by molar-refractivity contribution is 9.11. The van der Waals surface area contributed by atoms with Crippen molar-refractivity contribution in [2.45, 2.75) is 38.8 Å². The lowest BCUT2D eigenvalue weighted by Gasteiger charge is -2.22. The van der Waals surface area contributed by atoms with Crippen molar-refractivity contribution < 1.29 is 19.4 Å². The second-order valence-electron chi connectivity index (χ2n) is 5.52. The molecule has 7 heteroatoms. The van der Waals surface area contributed by atoms with Crippen molar-refractivity contribution in [1.29, 1.82) is 0 Å². The zero-order chi connectivity index (χ0) is 16.2. The molecule has 0 heterocycles. The largest absolute Gasteiger partial charge is 0.480 e. The number of nitrogens with one attached hydrogen (secondary N) is 1. The molecule has 1 amide bonds. The molecule has 21 heavy (non-hydrogen) atoms. The molecule has 0 saturated heterocycles. The number of alkyl carbamates (subject to hydrolysis) is 1. The Kier molecular flexibility index (Phi) is 6.22. The molecule has 1 aromatic carbocycles. The van der Waals surface area contributed by atoms with Crippen LogP contribution in [0.15, 0.2) is 27.1 Å². The lowest BCUT2D eigenvalue weighted by molar-refractivity contribution is -0.139. The van der Waals surface area contributed by atoms with Gasteiger partial charge >= 0.3 is 12.1 Å². The molecular weight excluding hydrogens is 406 g/mol. The number of hydrogen-bond acceptors (Lipinski definition) is 3. The highest BCUT2D eigenvalue weighted by Crippen LogP contribution is 2.21. The predicted octanol–water partition coefficient (Wildman–Crippen LogP) is 3.73. The van der Waals surface area contributed by atoms with Crippen LogP contribution in [0.2, 0.25) is 0 Å². The van der Waals surface area contributed by atoms with Gasteiger partial charge in [0.2, 0.25) is 0 Å². The van der Waals surface area contributed by atoms with Crippen molar-refractivity contribution in [3.63, 3.8) is 0 Å². The number of halogens is 2. The van der Waals surface area contributed by atoms with Crippen LogP contribution in [0.4, 0.5) is 4.79 Å². The molecule has 1 aromatic rings. The number of carbonyl (C=O) groups excluding carboxylic acids is 1. The highest BCUT2D eigenvalue weighted by atomic mass is 79.9. The van der Waals surface area contributed by atoms with Crippen LogP contribution < -0.4 is 5.32 Å². The van der Waals surface area contributed by atoms with Crippen LogP contribution in [-0.2, 0) is 16.0 Å². The average Bonchev–Trinajstić information content (AvgIpc) is 2.23. The summed E-state index contributed by atoms with van der Waals surface area (Å²) < 4.78 is 6.73. The number of aliphatic carboxylic acids is 1. The standard InChI is InChI=1S/C14H17Br2NO4/c1-14(2,3)21-13(20)17-11(12(18)19)6-8-4-9(15)7-10(16)5-8/h4-5,7,11H,6H2,1-3H3,(H,17,20)(H,18,19)/t11-/m0/s1. The smallest absolute Gasteiger partial charge is 0.408 e. The summed E-state index contributed by atoms with van der Waals surface area (Å²) in [5.74, 6) is -1.11. The number of carbonyl (C=O) groups is 2. The van der Waals surface area contributed by atoms with Crippen LogP contribution in [0.25, 0.3) is 0 Å². The van der Waals surface area contributed by atoms with Gasteiger partial charge in [-0.25, -0.2) is 9.59 Å². The molecule has 1 atom stereocenters. The molecule has 0 aliphatic rings. The first-order valence-electron chi connectivity index (χ1n) is 6.24. The Morgan fingerprint density at radius 2 is 1.76 bits per heavy atom. The van der Waals surface area contributed by atoms with Gasteiger partial charge < -0.3 is 15.2 Å². The van der Waals surface area contributed by atoms with Crippen LogP contribution in [0.3, 0.4) is 0 Å². The monoisotopic (exact) mass is 421 g/mol. The Bertz CT molecular complexity index is 520. The maximum atomic E-state index is 11.7. The lowest BCUT2D eigenvalue weighted by Crippen LogP contribution is -2.44. The Balaban J connectivity index is 2.78. The van der Waals surface area contributed by atoms with Gasteiger partial charge in [0.25, 0.3) is 0 Å². The van der Waals surface area contributed by atoms with E-state index in [9.17, 15) is 14.7 Å². The van der Waals surface area contributed by atoms with Crippen LogP contribution in [0, 0.1) is 0 Å². The highest BCUT2D eigenvalue weighted by Gasteiger charge is 2.24. The number of benzene rings is 1. The zero-order valence-corrected chi connectivity index (χ0v) is 15.1. The number of ether oxygens (including phenoxy) is 1. The number of rotatable bonds is 4. The fraction of sp³-hybridized carbons (Fsp3) is 0.429. The molecule has 0 aliphatic heterocycles. The summed E-state index contributed by atoms with van der Waals surface area (Å²) in [6.45, 7) is 5.15. The molecular formula is C14H17Br2NO4. The van der Waals surface area contributed by atoms with E-state index in [1.165, 1.54) is 0 Å². The van der Waals surface area contributed by atoms with E-state index in [2.05, 4.69) is 37.2 Å². The third-order valence-corrected chi connectivity index (χ3v) is 3.27. The van der Waals surface area contributed by atoms with Gasteiger partial charge in [0.05, 0.1) is 0 Å². The maximum Gasteiger partial charge on any atom is 0.408 e. The summed E-state index contributed by atoms with van der Waals surface area (Å²) in [6, 6.07) is 4.40. The fourth-order valence-electron chi connectivity index (χ4n) is 1.61. The van der Waals surface area contributed by atoms with Crippen LogP contribution >= 0.6 is 31.9 Å². The first kappa shape index (κ1) is 18.0.